The third-order valence-electron chi connectivity index (χ3n) is 3.53. The quantitative estimate of drug-likeness (QED) is 0.749. The van der Waals surface area contributed by atoms with Crippen LogP contribution in [-0.4, -0.2) is 37.4 Å². The second kappa shape index (κ2) is 7.14. The zero-order valence-corrected chi connectivity index (χ0v) is 12.7. The second-order valence-electron chi connectivity index (χ2n) is 5.15. The fourth-order valence-electron chi connectivity index (χ4n) is 1.88. The summed E-state index contributed by atoms with van der Waals surface area (Å²) in [5.41, 5.74) is 0.841. The van der Waals surface area contributed by atoms with Crippen molar-refractivity contribution >= 4 is 17.4 Å². The Hall–Kier alpha value is -1.75. The molecule has 0 bridgehead atoms. The summed E-state index contributed by atoms with van der Waals surface area (Å²) in [6.45, 7) is 4.06. The molecular weight excluding hydrogens is 254 g/mol. The molecule has 0 fully saturated rings. The van der Waals surface area contributed by atoms with Crippen molar-refractivity contribution in [1.29, 1.82) is 0 Å². The molecule has 0 atom stereocenters. The number of carbonyl (C=O) groups excluding carboxylic acids is 1. The Morgan fingerprint density at radius 1 is 1.25 bits per heavy atom. The van der Waals surface area contributed by atoms with Gasteiger partial charge in [0.05, 0.1) is 17.0 Å². The molecule has 0 aliphatic rings. The summed E-state index contributed by atoms with van der Waals surface area (Å²) in [5.74, 6) is 0. The maximum absolute atomic E-state index is 11.9. The highest BCUT2D eigenvalue weighted by molar-refractivity contribution is 5.93. The van der Waals surface area contributed by atoms with Crippen LogP contribution < -0.4 is 15.5 Å². The van der Waals surface area contributed by atoms with E-state index in [4.69, 9.17) is 0 Å². The minimum atomic E-state index is -0.835. The van der Waals surface area contributed by atoms with Gasteiger partial charge in [-0.2, -0.15) is 0 Å². The number of urea groups is 1. The molecule has 0 saturated carbocycles. The van der Waals surface area contributed by atoms with Gasteiger partial charge >= 0.3 is 6.03 Å². The van der Waals surface area contributed by atoms with E-state index in [2.05, 4.69) is 10.6 Å². The summed E-state index contributed by atoms with van der Waals surface area (Å²) in [6, 6.07) is 7.27. The lowest BCUT2D eigenvalue weighted by Gasteiger charge is -2.25. The lowest BCUT2D eigenvalue weighted by atomic mass is 9.98. The van der Waals surface area contributed by atoms with Crippen LogP contribution in [0.1, 0.15) is 26.7 Å². The van der Waals surface area contributed by atoms with Gasteiger partial charge in [0.25, 0.3) is 0 Å². The zero-order chi connectivity index (χ0) is 15.2. The molecule has 112 valence electrons. The molecule has 0 heterocycles. The average Bonchev–Trinajstić information content (AvgIpc) is 2.45. The first kappa shape index (κ1) is 16.3. The molecule has 0 aliphatic carbocycles. The summed E-state index contributed by atoms with van der Waals surface area (Å²) in [7, 11) is 3.84. The smallest absolute Gasteiger partial charge is 0.319 e. The first-order valence-electron chi connectivity index (χ1n) is 6.95. The van der Waals surface area contributed by atoms with Crippen molar-refractivity contribution in [3.05, 3.63) is 24.3 Å². The topological polar surface area (TPSA) is 64.6 Å². The summed E-state index contributed by atoms with van der Waals surface area (Å²) in [6.07, 6.45) is 1.22. The molecule has 20 heavy (non-hydrogen) atoms. The van der Waals surface area contributed by atoms with Crippen LogP contribution in [0.2, 0.25) is 0 Å². The number of nitrogens with one attached hydrogen (secondary N) is 2. The Labute approximate surface area is 121 Å². The van der Waals surface area contributed by atoms with E-state index in [0.29, 0.717) is 12.8 Å². The number of amides is 2. The van der Waals surface area contributed by atoms with Gasteiger partial charge in [-0.05, 0) is 25.0 Å². The number of nitrogens with zero attached hydrogens (tertiary/aromatic N) is 1. The number of anilines is 2. The zero-order valence-electron chi connectivity index (χ0n) is 12.7. The van der Waals surface area contributed by atoms with Crippen LogP contribution in [0.4, 0.5) is 16.2 Å². The fraction of sp³-hybridized carbons (Fsp3) is 0.533. The molecule has 1 aromatic carbocycles. The summed E-state index contributed by atoms with van der Waals surface area (Å²) >= 11 is 0. The minimum absolute atomic E-state index is 0.246. The van der Waals surface area contributed by atoms with Crippen LogP contribution in [0.15, 0.2) is 24.3 Å². The molecule has 3 N–H and O–H groups in total. The molecule has 0 aromatic heterocycles. The molecule has 2 amide bonds. The summed E-state index contributed by atoms with van der Waals surface area (Å²) in [4.78, 5) is 13.8. The normalized spacial score (nSPS) is 11.1. The predicted molar refractivity (Wildman–Crippen MR) is 83.3 cm³/mol. The first-order valence-corrected chi connectivity index (χ1v) is 6.95. The SMILES string of the molecule is CCC(O)(CC)CNC(=O)Nc1ccccc1N(C)C. The van der Waals surface area contributed by atoms with Gasteiger partial charge in [0.1, 0.15) is 0 Å². The maximum Gasteiger partial charge on any atom is 0.319 e. The minimum Gasteiger partial charge on any atom is -0.388 e. The van der Waals surface area contributed by atoms with E-state index < -0.39 is 5.60 Å². The van der Waals surface area contributed by atoms with E-state index in [1.165, 1.54) is 0 Å². The second-order valence-corrected chi connectivity index (χ2v) is 5.15. The lowest BCUT2D eigenvalue weighted by Crippen LogP contribution is -2.43. The van der Waals surface area contributed by atoms with Crippen molar-refractivity contribution in [1.82, 2.24) is 5.32 Å². The Kier molecular flexibility index (Phi) is 5.82. The van der Waals surface area contributed by atoms with Crippen molar-refractivity contribution in [3.63, 3.8) is 0 Å². The van der Waals surface area contributed by atoms with E-state index in [1.54, 1.807) is 0 Å². The highest BCUT2D eigenvalue weighted by Gasteiger charge is 2.22. The van der Waals surface area contributed by atoms with Crippen LogP contribution >= 0.6 is 0 Å². The Bertz CT molecular complexity index is 442. The maximum atomic E-state index is 11.9. The van der Waals surface area contributed by atoms with E-state index >= 15 is 0 Å². The lowest BCUT2D eigenvalue weighted by molar-refractivity contribution is 0.0354. The van der Waals surface area contributed by atoms with Gasteiger partial charge < -0.3 is 20.6 Å². The number of para-hydroxylation sites is 2. The molecule has 0 unspecified atom stereocenters. The molecule has 5 nitrogen and oxygen atoms in total. The third kappa shape index (κ3) is 4.42. The number of hydrogen-bond acceptors (Lipinski definition) is 3. The molecule has 0 saturated heterocycles. The summed E-state index contributed by atoms with van der Waals surface area (Å²) in [5, 5.41) is 15.7. The highest BCUT2D eigenvalue weighted by atomic mass is 16.3. The average molecular weight is 279 g/mol. The van der Waals surface area contributed by atoms with Crippen LogP contribution in [0.5, 0.6) is 0 Å². The van der Waals surface area contributed by atoms with Crippen molar-refractivity contribution in [2.24, 2.45) is 0 Å². The van der Waals surface area contributed by atoms with Gasteiger partial charge in [-0.15, -0.1) is 0 Å². The van der Waals surface area contributed by atoms with Crippen LogP contribution in [0.3, 0.4) is 0 Å². The highest BCUT2D eigenvalue weighted by Crippen LogP contribution is 2.23. The number of hydrogen-bond donors (Lipinski definition) is 3. The van der Waals surface area contributed by atoms with Crippen LogP contribution in [0.25, 0.3) is 0 Å². The Morgan fingerprint density at radius 3 is 2.40 bits per heavy atom. The molecule has 0 spiro atoms. The van der Waals surface area contributed by atoms with Crippen molar-refractivity contribution in [2.75, 3.05) is 30.9 Å². The largest absolute Gasteiger partial charge is 0.388 e. The molecular formula is C15H25N3O2. The van der Waals surface area contributed by atoms with E-state index in [0.717, 1.165) is 11.4 Å². The number of aliphatic hydroxyl groups is 1. The van der Waals surface area contributed by atoms with E-state index in [-0.39, 0.29) is 12.6 Å². The van der Waals surface area contributed by atoms with Gasteiger partial charge in [0.2, 0.25) is 0 Å². The fourth-order valence-corrected chi connectivity index (χ4v) is 1.88. The molecule has 0 aliphatic heterocycles. The standard InChI is InChI=1S/C15H25N3O2/c1-5-15(20,6-2)11-16-14(19)17-12-9-7-8-10-13(12)18(3)4/h7-10,20H,5-6,11H2,1-4H3,(H2,16,17,19). The van der Waals surface area contributed by atoms with Gasteiger partial charge in [0.15, 0.2) is 0 Å². The third-order valence-corrected chi connectivity index (χ3v) is 3.53. The van der Waals surface area contributed by atoms with E-state index in [1.807, 2.05) is 57.1 Å². The first-order chi connectivity index (χ1) is 9.41. The van der Waals surface area contributed by atoms with E-state index in [9.17, 15) is 9.90 Å². The van der Waals surface area contributed by atoms with Gasteiger partial charge in [-0.25, -0.2) is 4.79 Å². The van der Waals surface area contributed by atoms with Gasteiger partial charge in [0, 0.05) is 20.6 Å². The Morgan fingerprint density at radius 2 is 1.85 bits per heavy atom. The molecule has 0 radical (unpaired) electrons. The molecule has 1 rings (SSSR count). The van der Waals surface area contributed by atoms with Crippen LogP contribution in [-0.2, 0) is 0 Å². The number of carbonyl (C=O) groups is 1. The van der Waals surface area contributed by atoms with Gasteiger partial charge in [-0.1, -0.05) is 26.0 Å². The monoisotopic (exact) mass is 279 g/mol. The number of rotatable bonds is 6. The number of benzene rings is 1. The van der Waals surface area contributed by atoms with Crippen molar-refractivity contribution in [3.8, 4) is 0 Å². The predicted octanol–water partition coefficient (Wildman–Crippen LogP) is 2.43. The Balaban J connectivity index is 2.64. The van der Waals surface area contributed by atoms with Crippen molar-refractivity contribution in [2.45, 2.75) is 32.3 Å². The van der Waals surface area contributed by atoms with Crippen LogP contribution in [0, 0.1) is 0 Å². The van der Waals surface area contributed by atoms with Crippen molar-refractivity contribution < 1.29 is 9.90 Å². The molecule has 5 heteroatoms. The molecule has 1 aromatic rings. The van der Waals surface area contributed by atoms with Gasteiger partial charge in [-0.3, -0.25) is 0 Å². The summed E-state index contributed by atoms with van der Waals surface area (Å²) < 4.78 is 0.